The maximum atomic E-state index is 9.67. The van der Waals surface area contributed by atoms with E-state index >= 15 is 0 Å². The highest BCUT2D eigenvalue weighted by Gasteiger charge is 2.17. The van der Waals surface area contributed by atoms with Crippen LogP contribution < -0.4 is 20.4 Å². The molecule has 214 valence electrons. The molecule has 42 heavy (non-hydrogen) atoms. The maximum absolute atomic E-state index is 9.67. The smallest absolute Gasteiger partial charge is 0.115 e. The van der Waals surface area contributed by atoms with Crippen molar-refractivity contribution in [3.63, 3.8) is 0 Å². The van der Waals surface area contributed by atoms with Crippen molar-refractivity contribution in [1.29, 1.82) is 0 Å². The number of aromatic hydroxyl groups is 1. The molecule has 3 N–H and O–H groups in total. The number of phenols is 1. The first-order valence-corrected chi connectivity index (χ1v) is 14.2. The predicted molar refractivity (Wildman–Crippen MR) is 176 cm³/mol. The van der Waals surface area contributed by atoms with Crippen LogP contribution in [0.4, 0.5) is 34.1 Å². The average Bonchev–Trinajstić information content (AvgIpc) is 3.02. The number of nitrogens with one attached hydrogen (secondary N) is 2. The zero-order chi connectivity index (χ0) is 29.1. The highest BCUT2D eigenvalue weighted by atomic mass is 16.5. The number of benzene rings is 5. The Hall–Kier alpha value is -4.94. The number of phenolic OH excluding ortho intramolecular Hbond substituents is 1. The highest BCUT2D eigenvalue weighted by molar-refractivity contribution is 5.64. The predicted octanol–water partition coefficient (Wildman–Crippen LogP) is 8.04. The van der Waals surface area contributed by atoms with Crippen LogP contribution in [0.2, 0.25) is 0 Å². The third-order valence-electron chi connectivity index (χ3n) is 7.12. The molecule has 0 aromatic heterocycles. The Morgan fingerprint density at radius 3 is 1.38 bits per heavy atom. The van der Waals surface area contributed by atoms with Crippen molar-refractivity contribution in [3.05, 3.63) is 139 Å². The Balaban J connectivity index is 1.24. The van der Waals surface area contributed by atoms with Crippen LogP contribution in [0.15, 0.2) is 133 Å². The number of hydrogen-bond acceptors (Lipinski definition) is 6. The van der Waals surface area contributed by atoms with E-state index < -0.39 is 0 Å². The van der Waals surface area contributed by atoms with Crippen LogP contribution in [0, 0.1) is 0 Å². The van der Waals surface area contributed by atoms with E-state index in [1.165, 1.54) is 0 Å². The second kappa shape index (κ2) is 14.1. The van der Waals surface area contributed by atoms with Gasteiger partial charge in [0.05, 0.1) is 12.7 Å². The van der Waals surface area contributed by atoms with Gasteiger partial charge in [0.2, 0.25) is 0 Å². The SMILES string of the molecule is CN(CC(CN(C)c1ccc(Nc2ccccc2)cc1)OCc1ccc(O)cc1)c1ccc(Nc2ccccc2)cc1. The van der Waals surface area contributed by atoms with Crippen LogP contribution >= 0.6 is 0 Å². The molecule has 0 atom stereocenters. The Morgan fingerprint density at radius 1 is 0.548 bits per heavy atom. The minimum Gasteiger partial charge on any atom is -0.508 e. The summed E-state index contributed by atoms with van der Waals surface area (Å²) in [5.74, 6) is 0.255. The van der Waals surface area contributed by atoms with E-state index in [4.69, 9.17) is 4.74 Å². The lowest BCUT2D eigenvalue weighted by atomic mass is 10.2. The summed E-state index contributed by atoms with van der Waals surface area (Å²) in [7, 11) is 4.20. The third kappa shape index (κ3) is 8.29. The Bertz CT molecular complexity index is 1400. The first-order valence-electron chi connectivity index (χ1n) is 14.2. The summed E-state index contributed by atoms with van der Waals surface area (Å²) in [4.78, 5) is 4.46. The molecule has 0 aliphatic rings. The first kappa shape index (κ1) is 28.6. The normalized spacial score (nSPS) is 10.8. The number of nitrogens with zero attached hydrogens (tertiary/aromatic N) is 2. The first-order chi connectivity index (χ1) is 20.5. The van der Waals surface area contributed by atoms with Gasteiger partial charge >= 0.3 is 0 Å². The van der Waals surface area contributed by atoms with Gasteiger partial charge < -0.3 is 30.3 Å². The van der Waals surface area contributed by atoms with Crippen LogP contribution in [-0.2, 0) is 11.3 Å². The van der Waals surface area contributed by atoms with Gasteiger partial charge in [0, 0.05) is 61.3 Å². The number of hydrogen-bond donors (Lipinski definition) is 3. The topological polar surface area (TPSA) is 60.0 Å². The molecule has 0 bridgehead atoms. The van der Waals surface area contributed by atoms with E-state index in [9.17, 15) is 5.11 Å². The summed E-state index contributed by atoms with van der Waals surface area (Å²) in [5.41, 5.74) is 7.47. The van der Waals surface area contributed by atoms with Crippen LogP contribution in [0.25, 0.3) is 0 Å². The van der Waals surface area contributed by atoms with Crippen molar-refractivity contribution in [2.24, 2.45) is 0 Å². The van der Waals surface area contributed by atoms with Gasteiger partial charge in [-0.15, -0.1) is 0 Å². The Labute approximate surface area is 248 Å². The monoisotopic (exact) mass is 558 g/mol. The molecule has 5 rings (SSSR count). The quantitative estimate of drug-likeness (QED) is 0.136. The molecule has 0 heterocycles. The van der Waals surface area contributed by atoms with Gasteiger partial charge in [-0.2, -0.15) is 0 Å². The molecule has 0 aliphatic heterocycles. The molecule has 0 radical (unpaired) electrons. The van der Waals surface area contributed by atoms with Crippen LogP contribution in [0.5, 0.6) is 5.75 Å². The molecular weight excluding hydrogens is 520 g/mol. The summed E-state index contributed by atoms with van der Waals surface area (Å²) >= 11 is 0. The largest absolute Gasteiger partial charge is 0.508 e. The van der Waals surface area contributed by atoms with Gasteiger partial charge in [-0.25, -0.2) is 0 Å². The molecule has 6 nitrogen and oxygen atoms in total. The molecule has 0 aliphatic carbocycles. The van der Waals surface area contributed by atoms with E-state index in [-0.39, 0.29) is 11.9 Å². The van der Waals surface area contributed by atoms with Gasteiger partial charge in [-0.3, -0.25) is 0 Å². The summed E-state index contributed by atoms with van der Waals surface area (Å²) in [6, 6.07) is 44.5. The van der Waals surface area contributed by atoms with E-state index in [1.54, 1.807) is 12.1 Å². The molecule has 5 aromatic rings. The third-order valence-corrected chi connectivity index (χ3v) is 7.12. The summed E-state index contributed by atoms with van der Waals surface area (Å²) in [6.45, 7) is 1.88. The average molecular weight is 559 g/mol. The fraction of sp³-hybridized carbons (Fsp3) is 0.167. The molecule has 0 saturated heterocycles. The van der Waals surface area contributed by atoms with Crippen molar-refractivity contribution >= 4 is 34.1 Å². The molecule has 0 unspecified atom stereocenters. The lowest BCUT2D eigenvalue weighted by molar-refractivity contribution is 0.0509. The molecule has 0 fully saturated rings. The fourth-order valence-corrected chi connectivity index (χ4v) is 4.77. The van der Waals surface area contributed by atoms with E-state index in [0.29, 0.717) is 19.7 Å². The zero-order valence-electron chi connectivity index (χ0n) is 24.2. The van der Waals surface area contributed by atoms with E-state index in [0.717, 1.165) is 39.7 Å². The fourth-order valence-electron chi connectivity index (χ4n) is 4.77. The van der Waals surface area contributed by atoms with Gasteiger partial charge in [-0.1, -0.05) is 48.5 Å². The lowest BCUT2D eigenvalue weighted by Gasteiger charge is -2.30. The number of rotatable bonds is 13. The number of para-hydroxylation sites is 2. The second-order valence-corrected chi connectivity index (χ2v) is 10.4. The zero-order valence-corrected chi connectivity index (χ0v) is 24.2. The molecule has 0 spiro atoms. The Morgan fingerprint density at radius 2 is 0.952 bits per heavy atom. The van der Waals surface area contributed by atoms with Gasteiger partial charge in [-0.05, 0) is 90.5 Å². The molecule has 0 saturated carbocycles. The number of ether oxygens (including phenoxy) is 1. The van der Waals surface area contributed by atoms with Crippen molar-refractivity contribution in [1.82, 2.24) is 0 Å². The van der Waals surface area contributed by atoms with Crippen molar-refractivity contribution < 1.29 is 9.84 Å². The van der Waals surface area contributed by atoms with Crippen molar-refractivity contribution in [2.45, 2.75) is 12.7 Å². The van der Waals surface area contributed by atoms with Gasteiger partial charge in [0.15, 0.2) is 0 Å². The van der Waals surface area contributed by atoms with Crippen LogP contribution in [0.1, 0.15) is 5.56 Å². The lowest BCUT2D eigenvalue weighted by Crippen LogP contribution is -2.39. The number of likely N-dealkylation sites (N-methyl/N-ethyl adjacent to an activating group) is 2. The summed E-state index contributed by atoms with van der Waals surface area (Å²) in [5, 5.41) is 16.6. The van der Waals surface area contributed by atoms with Crippen molar-refractivity contribution in [3.8, 4) is 5.75 Å². The molecule has 0 amide bonds. The number of anilines is 6. The van der Waals surface area contributed by atoms with Crippen molar-refractivity contribution in [2.75, 3.05) is 47.6 Å². The van der Waals surface area contributed by atoms with Gasteiger partial charge in [0.1, 0.15) is 5.75 Å². The second-order valence-electron chi connectivity index (χ2n) is 10.4. The standard InChI is InChI=1S/C36H38N4O2/c1-39(33-19-15-31(16-20-33)37-29-9-5-3-6-10-29)25-36(42-27-28-13-23-35(41)24-14-28)26-40(2)34-21-17-32(18-22-34)38-30-11-7-4-8-12-30/h3-24,36-38,41H,25-27H2,1-2H3. The highest BCUT2D eigenvalue weighted by Crippen LogP contribution is 2.23. The van der Waals surface area contributed by atoms with E-state index in [2.05, 4.69) is 107 Å². The summed E-state index contributed by atoms with van der Waals surface area (Å²) < 4.78 is 6.47. The van der Waals surface area contributed by atoms with Gasteiger partial charge in [0.25, 0.3) is 0 Å². The summed E-state index contributed by atoms with van der Waals surface area (Å²) in [6.07, 6.45) is -0.0713. The maximum Gasteiger partial charge on any atom is 0.115 e. The van der Waals surface area contributed by atoms with Crippen LogP contribution in [-0.4, -0.2) is 38.4 Å². The molecule has 6 heteroatoms. The minimum atomic E-state index is -0.0713. The minimum absolute atomic E-state index is 0.0713. The van der Waals surface area contributed by atoms with E-state index in [1.807, 2.05) is 48.5 Å². The molecular formula is C36H38N4O2. The molecule has 5 aromatic carbocycles. The van der Waals surface area contributed by atoms with Crippen LogP contribution in [0.3, 0.4) is 0 Å². The Kier molecular flexibility index (Phi) is 9.60.